The molecule has 0 saturated heterocycles. The molecule has 0 spiro atoms. The molecule has 0 saturated carbocycles. The third kappa shape index (κ3) is 2.03. The van der Waals surface area contributed by atoms with Crippen molar-refractivity contribution in [3.63, 3.8) is 0 Å². The van der Waals surface area contributed by atoms with E-state index < -0.39 is 0 Å². The monoisotopic (exact) mass is 386 g/mol. The summed E-state index contributed by atoms with van der Waals surface area (Å²) in [6, 6.07) is 10.9. The molecule has 1 aromatic heterocycles. The van der Waals surface area contributed by atoms with Crippen molar-refractivity contribution in [2.45, 2.75) is 0 Å². The van der Waals surface area contributed by atoms with E-state index >= 15 is 0 Å². The lowest BCUT2D eigenvalue weighted by molar-refractivity contribution is 1.36. The lowest BCUT2D eigenvalue weighted by Gasteiger charge is -2.04. The van der Waals surface area contributed by atoms with Crippen LogP contribution in [0.15, 0.2) is 33.2 Å². The Morgan fingerprint density at radius 1 is 0.700 bits per heavy atom. The van der Waals surface area contributed by atoms with Gasteiger partial charge in [-0.15, -0.1) is 0 Å². The predicted molar refractivity (Wildman–Crippen MR) is 81.9 cm³/mol. The molecule has 1 heterocycles. The van der Waals surface area contributed by atoms with Crippen LogP contribution in [0.3, 0.4) is 0 Å². The molecule has 0 N–H and O–H groups in total. The minimum Gasteiger partial charge on any atom is -0.244 e. The summed E-state index contributed by atoms with van der Waals surface area (Å²) < 4.78 is 1.76. The second-order valence-corrected chi connectivity index (χ2v) is 5.80. The van der Waals surface area contributed by atoms with Crippen molar-refractivity contribution in [1.82, 2.24) is 9.97 Å². The zero-order valence-corrected chi connectivity index (χ0v) is 13.0. The van der Waals surface area contributed by atoms with Gasteiger partial charge < -0.3 is 0 Å². The van der Waals surface area contributed by atoms with Crippen molar-refractivity contribution in [1.29, 1.82) is 10.5 Å². The van der Waals surface area contributed by atoms with Gasteiger partial charge in [0.15, 0.2) is 0 Å². The van der Waals surface area contributed by atoms with Crippen LogP contribution >= 0.6 is 31.9 Å². The van der Waals surface area contributed by atoms with Crippen LogP contribution < -0.4 is 0 Å². The van der Waals surface area contributed by atoms with Crippen LogP contribution in [0.2, 0.25) is 0 Å². The minimum absolute atomic E-state index is 0.310. The molecule has 6 heteroatoms. The Balaban J connectivity index is 2.43. The van der Waals surface area contributed by atoms with E-state index in [1.165, 1.54) is 0 Å². The van der Waals surface area contributed by atoms with E-state index in [1.54, 1.807) is 12.1 Å². The first kappa shape index (κ1) is 13.0. The molecule has 0 aliphatic rings. The zero-order valence-electron chi connectivity index (χ0n) is 9.85. The number of fused-ring (bicyclic) bond motifs is 2. The van der Waals surface area contributed by atoms with Crippen LogP contribution in [0, 0.1) is 22.7 Å². The molecule has 0 aliphatic heterocycles. The first-order valence-corrected chi connectivity index (χ1v) is 7.12. The van der Waals surface area contributed by atoms with Gasteiger partial charge in [-0.3, -0.25) is 0 Å². The van der Waals surface area contributed by atoms with Gasteiger partial charge in [0.1, 0.15) is 12.1 Å². The number of benzene rings is 2. The van der Waals surface area contributed by atoms with Gasteiger partial charge in [0.2, 0.25) is 0 Å². The Labute approximate surface area is 130 Å². The topological polar surface area (TPSA) is 73.4 Å². The fourth-order valence-corrected chi connectivity index (χ4v) is 2.57. The number of hydrogen-bond donors (Lipinski definition) is 0. The van der Waals surface area contributed by atoms with Gasteiger partial charge >= 0.3 is 0 Å². The van der Waals surface area contributed by atoms with Crippen LogP contribution in [0.4, 0.5) is 0 Å². The van der Waals surface area contributed by atoms with Crippen molar-refractivity contribution in [2.24, 2.45) is 0 Å². The SMILES string of the molecule is N#Cc1cc2nc3cc(Br)c(Br)cc3nc2cc1C#N. The molecule has 20 heavy (non-hydrogen) atoms. The van der Waals surface area contributed by atoms with E-state index in [1.807, 2.05) is 24.3 Å². The molecule has 2 aromatic carbocycles. The van der Waals surface area contributed by atoms with E-state index in [2.05, 4.69) is 41.8 Å². The Morgan fingerprint density at radius 3 is 1.40 bits per heavy atom. The van der Waals surface area contributed by atoms with Crippen LogP contribution in [0.5, 0.6) is 0 Å². The highest BCUT2D eigenvalue weighted by Crippen LogP contribution is 2.28. The van der Waals surface area contributed by atoms with Crippen molar-refractivity contribution >= 4 is 53.9 Å². The third-order valence-electron chi connectivity index (χ3n) is 2.85. The predicted octanol–water partition coefficient (Wildman–Crippen LogP) is 4.05. The minimum atomic E-state index is 0.310. The summed E-state index contributed by atoms with van der Waals surface area (Å²) in [7, 11) is 0. The fraction of sp³-hybridized carbons (Fsp3) is 0. The van der Waals surface area contributed by atoms with Crippen LogP contribution in [0.25, 0.3) is 22.1 Å². The standard InChI is InChI=1S/C14H4Br2N4/c15-9-3-13-14(4-10(9)16)20-12-2-8(6-18)7(5-17)1-11(12)19-13/h1-4H. The van der Waals surface area contributed by atoms with Gasteiger partial charge in [0.05, 0.1) is 33.2 Å². The van der Waals surface area contributed by atoms with Gasteiger partial charge in [0, 0.05) is 8.95 Å². The normalized spacial score (nSPS) is 10.4. The van der Waals surface area contributed by atoms with Crippen molar-refractivity contribution in [2.75, 3.05) is 0 Å². The Hall–Kier alpha value is -2.02. The average Bonchev–Trinajstić information content (AvgIpc) is 2.45. The van der Waals surface area contributed by atoms with Gasteiger partial charge in [-0.2, -0.15) is 10.5 Å². The highest BCUT2D eigenvalue weighted by atomic mass is 79.9. The summed E-state index contributed by atoms with van der Waals surface area (Å²) in [5.74, 6) is 0. The first-order valence-electron chi connectivity index (χ1n) is 5.53. The maximum Gasteiger partial charge on any atom is 0.101 e. The van der Waals surface area contributed by atoms with Crippen LogP contribution in [-0.4, -0.2) is 9.97 Å². The Morgan fingerprint density at radius 2 is 1.05 bits per heavy atom. The summed E-state index contributed by atoms with van der Waals surface area (Å²) in [4.78, 5) is 8.98. The molecule has 0 atom stereocenters. The molecular formula is C14H4Br2N4. The van der Waals surface area contributed by atoms with E-state index in [0.717, 1.165) is 20.0 Å². The average molecular weight is 388 g/mol. The summed E-state index contributed by atoms with van der Waals surface area (Å²) in [6.07, 6.45) is 0. The molecule has 0 radical (unpaired) electrons. The Kier molecular flexibility index (Phi) is 3.13. The quantitative estimate of drug-likeness (QED) is 0.545. The van der Waals surface area contributed by atoms with Gasteiger partial charge in [-0.1, -0.05) is 0 Å². The number of hydrogen-bond acceptors (Lipinski definition) is 4. The van der Waals surface area contributed by atoms with Crippen molar-refractivity contribution < 1.29 is 0 Å². The van der Waals surface area contributed by atoms with Crippen LogP contribution in [-0.2, 0) is 0 Å². The number of halogens is 2. The van der Waals surface area contributed by atoms with E-state index in [-0.39, 0.29) is 0 Å². The molecule has 0 aliphatic carbocycles. The molecule has 0 fully saturated rings. The maximum atomic E-state index is 9.04. The van der Waals surface area contributed by atoms with Crippen molar-refractivity contribution in [3.8, 4) is 12.1 Å². The maximum absolute atomic E-state index is 9.04. The van der Waals surface area contributed by atoms with Gasteiger partial charge in [-0.05, 0) is 56.1 Å². The number of nitriles is 2. The molecule has 4 nitrogen and oxygen atoms in total. The van der Waals surface area contributed by atoms with Gasteiger partial charge in [0.25, 0.3) is 0 Å². The summed E-state index contributed by atoms with van der Waals surface area (Å²) >= 11 is 6.84. The Bertz CT molecular complexity index is 873. The molecule has 0 unspecified atom stereocenters. The fourth-order valence-electron chi connectivity index (χ4n) is 1.91. The largest absolute Gasteiger partial charge is 0.244 e. The van der Waals surface area contributed by atoms with E-state index in [4.69, 9.17) is 10.5 Å². The molecule has 0 amide bonds. The summed E-state index contributed by atoms with van der Waals surface area (Å²) in [5, 5.41) is 18.1. The number of nitrogens with zero attached hydrogens (tertiary/aromatic N) is 4. The number of rotatable bonds is 0. The molecule has 3 aromatic rings. The lowest BCUT2D eigenvalue weighted by Crippen LogP contribution is -1.92. The van der Waals surface area contributed by atoms with Crippen LogP contribution in [0.1, 0.15) is 11.1 Å². The van der Waals surface area contributed by atoms with Crippen molar-refractivity contribution in [3.05, 3.63) is 44.3 Å². The highest BCUT2D eigenvalue weighted by Gasteiger charge is 2.09. The van der Waals surface area contributed by atoms with E-state index in [9.17, 15) is 0 Å². The van der Waals surface area contributed by atoms with Gasteiger partial charge in [-0.25, -0.2) is 9.97 Å². The molecule has 0 bridgehead atoms. The smallest absolute Gasteiger partial charge is 0.101 e. The van der Waals surface area contributed by atoms with E-state index in [0.29, 0.717) is 22.2 Å². The lowest BCUT2D eigenvalue weighted by atomic mass is 10.1. The number of aromatic nitrogens is 2. The first-order chi connectivity index (χ1) is 9.62. The second-order valence-electron chi connectivity index (χ2n) is 4.09. The highest BCUT2D eigenvalue weighted by molar-refractivity contribution is 9.13. The zero-order chi connectivity index (χ0) is 14.3. The molecule has 3 rings (SSSR count). The second kappa shape index (κ2) is 4.82. The summed E-state index contributed by atoms with van der Waals surface area (Å²) in [5.41, 5.74) is 3.27. The molecular weight excluding hydrogens is 384 g/mol. The molecule has 94 valence electrons. The third-order valence-corrected chi connectivity index (χ3v) is 4.70. The summed E-state index contributed by atoms with van der Waals surface area (Å²) in [6.45, 7) is 0.